The number of hydrogen-bond acceptors (Lipinski definition) is 5. The molecule has 0 saturated heterocycles. The number of aryl methyl sites for hydroxylation is 1. The number of rotatable bonds is 8. The van der Waals surface area contributed by atoms with Gasteiger partial charge in [-0.15, -0.1) is 0 Å². The Balaban J connectivity index is 1.65. The lowest BCUT2D eigenvalue weighted by molar-refractivity contribution is -0.118. The number of amides is 1. The van der Waals surface area contributed by atoms with Crippen molar-refractivity contribution in [1.29, 1.82) is 0 Å². The van der Waals surface area contributed by atoms with E-state index in [1.807, 2.05) is 13.0 Å². The van der Waals surface area contributed by atoms with Crippen LogP contribution in [-0.2, 0) is 14.8 Å². The van der Waals surface area contributed by atoms with Gasteiger partial charge in [0.1, 0.15) is 17.3 Å². The summed E-state index contributed by atoms with van der Waals surface area (Å²) < 4.78 is 51.0. The number of benzene rings is 3. The number of methoxy groups -OCH3 is 1. The number of halogens is 2. The lowest BCUT2D eigenvalue weighted by Crippen LogP contribution is -2.20. The summed E-state index contributed by atoms with van der Waals surface area (Å²) in [5.74, 6) is -0.286. The van der Waals surface area contributed by atoms with Crippen LogP contribution in [-0.4, -0.2) is 28.0 Å². The molecule has 0 bridgehead atoms. The minimum absolute atomic E-state index is 0.00733. The Morgan fingerprint density at radius 3 is 2.38 bits per heavy atom. The zero-order chi connectivity index (χ0) is 23.3. The summed E-state index contributed by atoms with van der Waals surface area (Å²) in [6.07, 6.45) is 0. The summed E-state index contributed by atoms with van der Waals surface area (Å²) in [6.45, 7) is 1.53. The molecule has 7 nitrogen and oxygen atoms in total. The van der Waals surface area contributed by atoms with Gasteiger partial charge in [0.25, 0.3) is 15.9 Å². The van der Waals surface area contributed by atoms with E-state index in [0.29, 0.717) is 11.4 Å². The van der Waals surface area contributed by atoms with Gasteiger partial charge in [-0.2, -0.15) is 0 Å². The molecule has 0 atom stereocenters. The van der Waals surface area contributed by atoms with Gasteiger partial charge in [0.05, 0.1) is 22.7 Å². The van der Waals surface area contributed by atoms with Crippen molar-refractivity contribution in [3.63, 3.8) is 0 Å². The van der Waals surface area contributed by atoms with E-state index in [2.05, 4.69) is 10.0 Å². The van der Waals surface area contributed by atoms with E-state index in [0.717, 1.165) is 17.7 Å². The Labute approximate surface area is 190 Å². The van der Waals surface area contributed by atoms with Crippen molar-refractivity contribution in [2.24, 2.45) is 0 Å². The lowest BCUT2D eigenvalue weighted by atomic mass is 10.2. The summed E-state index contributed by atoms with van der Waals surface area (Å²) in [5, 5.41) is 2.70. The van der Waals surface area contributed by atoms with E-state index in [4.69, 9.17) is 21.1 Å². The molecular weight excluding hydrogens is 459 g/mol. The summed E-state index contributed by atoms with van der Waals surface area (Å²) in [6, 6.07) is 14.1. The molecule has 0 aliphatic rings. The molecule has 0 aliphatic carbocycles. The average Bonchev–Trinajstić information content (AvgIpc) is 2.74. The predicted molar refractivity (Wildman–Crippen MR) is 121 cm³/mol. The number of ether oxygens (including phenoxy) is 2. The second kappa shape index (κ2) is 9.88. The molecule has 0 saturated carbocycles. The van der Waals surface area contributed by atoms with Crippen LogP contribution in [0.2, 0.25) is 5.02 Å². The highest BCUT2D eigenvalue weighted by Crippen LogP contribution is 2.29. The molecular formula is C22H20ClFN2O5S. The van der Waals surface area contributed by atoms with Gasteiger partial charge in [0.2, 0.25) is 0 Å². The van der Waals surface area contributed by atoms with Gasteiger partial charge in [-0.25, -0.2) is 12.8 Å². The highest BCUT2D eigenvalue weighted by Gasteiger charge is 2.17. The maximum Gasteiger partial charge on any atom is 0.262 e. The number of hydrogen-bond donors (Lipinski definition) is 2. The number of sulfonamides is 1. The van der Waals surface area contributed by atoms with Crippen LogP contribution in [0.15, 0.2) is 65.6 Å². The van der Waals surface area contributed by atoms with Crippen LogP contribution >= 0.6 is 11.6 Å². The first kappa shape index (κ1) is 23.4. The van der Waals surface area contributed by atoms with Crippen LogP contribution in [0.25, 0.3) is 0 Å². The topological polar surface area (TPSA) is 93.7 Å². The molecule has 168 valence electrons. The minimum atomic E-state index is -3.95. The molecule has 0 aliphatic heterocycles. The molecule has 0 fully saturated rings. The van der Waals surface area contributed by atoms with Gasteiger partial charge >= 0.3 is 0 Å². The van der Waals surface area contributed by atoms with Crippen LogP contribution in [0.3, 0.4) is 0 Å². The first-order valence-corrected chi connectivity index (χ1v) is 11.2. The van der Waals surface area contributed by atoms with Crippen LogP contribution in [0, 0.1) is 12.7 Å². The van der Waals surface area contributed by atoms with Crippen molar-refractivity contribution in [3.05, 3.63) is 77.1 Å². The Bertz CT molecular complexity index is 1230. The van der Waals surface area contributed by atoms with Gasteiger partial charge < -0.3 is 14.8 Å². The van der Waals surface area contributed by atoms with E-state index in [1.54, 1.807) is 12.1 Å². The van der Waals surface area contributed by atoms with E-state index < -0.39 is 21.7 Å². The van der Waals surface area contributed by atoms with Crippen molar-refractivity contribution in [1.82, 2.24) is 0 Å². The summed E-state index contributed by atoms with van der Waals surface area (Å²) in [7, 11) is -2.46. The van der Waals surface area contributed by atoms with E-state index in [-0.39, 0.29) is 28.0 Å². The van der Waals surface area contributed by atoms with Gasteiger partial charge in [-0.1, -0.05) is 17.7 Å². The molecule has 0 spiro atoms. The molecule has 0 heterocycles. The van der Waals surface area contributed by atoms with E-state index in [9.17, 15) is 17.6 Å². The minimum Gasteiger partial charge on any atom is -0.495 e. The molecule has 0 unspecified atom stereocenters. The predicted octanol–water partition coefficient (Wildman–Crippen LogP) is 4.61. The Kier molecular flexibility index (Phi) is 7.22. The third kappa shape index (κ3) is 5.89. The van der Waals surface area contributed by atoms with Gasteiger partial charge in [0, 0.05) is 5.69 Å². The molecule has 3 rings (SSSR count). The molecule has 32 heavy (non-hydrogen) atoms. The van der Waals surface area contributed by atoms with Crippen molar-refractivity contribution in [2.75, 3.05) is 23.8 Å². The fourth-order valence-corrected chi connectivity index (χ4v) is 4.13. The third-order valence-corrected chi connectivity index (χ3v) is 5.97. The van der Waals surface area contributed by atoms with Gasteiger partial charge in [-0.05, 0) is 67.1 Å². The highest BCUT2D eigenvalue weighted by atomic mass is 35.5. The largest absolute Gasteiger partial charge is 0.495 e. The van der Waals surface area contributed by atoms with Crippen molar-refractivity contribution in [3.8, 4) is 11.5 Å². The zero-order valence-corrected chi connectivity index (χ0v) is 18.8. The molecule has 3 aromatic rings. The van der Waals surface area contributed by atoms with Crippen molar-refractivity contribution < 1.29 is 27.1 Å². The summed E-state index contributed by atoms with van der Waals surface area (Å²) in [5.41, 5.74) is 1.64. The van der Waals surface area contributed by atoms with Gasteiger partial charge in [0.15, 0.2) is 6.61 Å². The standard InChI is InChI=1S/C22H20ClFN2O5S/c1-14-3-9-21(30-2)19(11-14)25-22(27)13-31-20-10-8-17(12-18(20)23)32(28,29)26-16-6-4-15(24)5-7-16/h3-12,26H,13H2,1-2H3,(H,25,27). The summed E-state index contributed by atoms with van der Waals surface area (Å²) in [4.78, 5) is 12.1. The van der Waals surface area contributed by atoms with Crippen LogP contribution in [0.4, 0.5) is 15.8 Å². The number of anilines is 2. The second-order valence-electron chi connectivity index (χ2n) is 6.75. The fourth-order valence-electron chi connectivity index (χ4n) is 2.75. The Hall–Kier alpha value is -3.30. The third-order valence-electron chi connectivity index (χ3n) is 4.30. The molecule has 10 heteroatoms. The lowest BCUT2D eigenvalue weighted by Gasteiger charge is -2.13. The molecule has 3 aromatic carbocycles. The maximum atomic E-state index is 13.0. The quantitative estimate of drug-likeness (QED) is 0.493. The maximum absolute atomic E-state index is 13.0. The van der Waals surface area contributed by atoms with Crippen molar-refractivity contribution in [2.45, 2.75) is 11.8 Å². The molecule has 0 aromatic heterocycles. The van der Waals surface area contributed by atoms with Crippen LogP contribution < -0.4 is 19.5 Å². The SMILES string of the molecule is COc1ccc(C)cc1NC(=O)COc1ccc(S(=O)(=O)Nc2ccc(F)cc2)cc1Cl. The van der Waals surface area contributed by atoms with Crippen LogP contribution in [0.5, 0.6) is 11.5 Å². The number of carbonyl (C=O) groups excluding carboxylic acids is 1. The van der Waals surface area contributed by atoms with Gasteiger partial charge in [-0.3, -0.25) is 9.52 Å². The van der Waals surface area contributed by atoms with E-state index in [1.165, 1.54) is 37.4 Å². The zero-order valence-electron chi connectivity index (χ0n) is 17.2. The number of carbonyl (C=O) groups is 1. The Morgan fingerprint density at radius 2 is 1.72 bits per heavy atom. The fraction of sp³-hybridized carbons (Fsp3) is 0.136. The molecule has 1 amide bonds. The first-order chi connectivity index (χ1) is 15.2. The first-order valence-electron chi connectivity index (χ1n) is 9.33. The molecule has 0 radical (unpaired) electrons. The van der Waals surface area contributed by atoms with Crippen molar-refractivity contribution >= 4 is 38.9 Å². The smallest absolute Gasteiger partial charge is 0.262 e. The normalized spacial score (nSPS) is 11.0. The second-order valence-corrected chi connectivity index (χ2v) is 8.83. The Morgan fingerprint density at radius 1 is 1.03 bits per heavy atom. The highest BCUT2D eigenvalue weighted by molar-refractivity contribution is 7.92. The van der Waals surface area contributed by atoms with Crippen LogP contribution in [0.1, 0.15) is 5.56 Å². The van der Waals surface area contributed by atoms with E-state index >= 15 is 0 Å². The molecule has 2 N–H and O–H groups in total. The average molecular weight is 479 g/mol. The summed E-state index contributed by atoms with van der Waals surface area (Å²) >= 11 is 6.15. The number of nitrogens with one attached hydrogen (secondary N) is 2. The monoisotopic (exact) mass is 478 g/mol.